The second kappa shape index (κ2) is 8.03. The van der Waals surface area contributed by atoms with Crippen molar-refractivity contribution in [1.29, 1.82) is 0 Å². The molecule has 0 saturated carbocycles. The molecule has 7 heteroatoms. The molecule has 0 aliphatic carbocycles. The maximum atomic E-state index is 11.3. The Balaban J connectivity index is 1.92. The van der Waals surface area contributed by atoms with E-state index in [9.17, 15) is 15.2 Å². The number of hydrogen-bond acceptors (Lipinski definition) is 5. The van der Waals surface area contributed by atoms with E-state index in [1.54, 1.807) is 12.1 Å². The first-order chi connectivity index (χ1) is 12.6. The first-order valence-corrected chi connectivity index (χ1v) is 8.88. The van der Waals surface area contributed by atoms with Gasteiger partial charge < -0.3 is 15.2 Å². The molecular weight excluding hydrogens is 356 g/mol. The molecule has 0 spiro atoms. The summed E-state index contributed by atoms with van der Waals surface area (Å²) >= 11 is 6.45. The van der Waals surface area contributed by atoms with Crippen LogP contribution in [-0.2, 0) is 16.8 Å². The Kier molecular flexibility index (Phi) is 5.76. The minimum atomic E-state index is -0.421. The summed E-state index contributed by atoms with van der Waals surface area (Å²) in [7, 11) is 0. The predicted octanol–water partition coefficient (Wildman–Crippen LogP) is 3.90. The third-order valence-corrected chi connectivity index (χ3v) is 5.28. The lowest BCUT2D eigenvalue weighted by atomic mass is 9.74. The van der Waals surface area contributed by atoms with Gasteiger partial charge in [0.25, 0.3) is 5.69 Å². The summed E-state index contributed by atoms with van der Waals surface area (Å²) < 4.78 is 5.52. The standard InChI is InChI=1S/C19H21ClN2O4/c20-16-4-2-1-3-15(16)19(7-9-26-10-8-19)13-21-17-11-14(12-23)5-6-18(17)22(24)25/h1-6,11,21,23H,7-10,12-13H2. The molecule has 1 aliphatic rings. The molecule has 0 atom stereocenters. The minimum Gasteiger partial charge on any atom is -0.392 e. The maximum Gasteiger partial charge on any atom is 0.292 e. The highest BCUT2D eigenvalue weighted by molar-refractivity contribution is 6.31. The molecule has 26 heavy (non-hydrogen) atoms. The zero-order valence-corrected chi connectivity index (χ0v) is 15.0. The molecule has 0 aromatic heterocycles. The van der Waals surface area contributed by atoms with Crippen LogP contribution in [0, 0.1) is 10.1 Å². The number of nitrogens with one attached hydrogen (secondary N) is 1. The monoisotopic (exact) mass is 376 g/mol. The average molecular weight is 377 g/mol. The van der Waals surface area contributed by atoms with Crippen molar-refractivity contribution in [2.75, 3.05) is 25.1 Å². The number of nitro benzene ring substituents is 1. The highest BCUT2D eigenvalue weighted by Gasteiger charge is 2.36. The Morgan fingerprint density at radius 3 is 2.62 bits per heavy atom. The summed E-state index contributed by atoms with van der Waals surface area (Å²) in [6.45, 7) is 1.56. The van der Waals surface area contributed by atoms with Crippen LogP contribution in [0.25, 0.3) is 0 Å². The number of ether oxygens (including phenoxy) is 1. The van der Waals surface area contributed by atoms with E-state index in [2.05, 4.69) is 5.32 Å². The number of hydrogen-bond donors (Lipinski definition) is 2. The van der Waals surface area contributed by atoms with Gasteiger partial charge in [-0.25, -0.2) is 0 Å². The molecule has 2 aromatic rings. The Labute approximate surface area is 156 Å². The molecule has 0 amide bonds. The second-order valence-corrected chi connectivity index (χ2v) is 6.90. The van der Waals surface area contributed by atoms with Crippen molar-refractivity contribution in [2.45, 2.75) is 24.9 Å². The first kappa shape index (κ1) is 18.6. The van der Waals surface area contributed by atoms with Crippen molar-refractivity contribution in [2.24, 2.45) is 0 Å². The van der Waals surface area contributed by atoms with Gasteiger partial charge in [0.1, 0.15) is 5.69 Å². The second-order valence-electron chi connectivity index (χ2n) is 6.49. The van der Waals surface area contributed by atoms with Crippen LogP contribution in [0.1, 0.15) is 24.0 Å². The lowest BCUT2D eigenvalue weighted by Crippen LogP contribution is -2.40. The summed E-state index contributed by atoms with van der Waals surface area (Å²) in [5.74, 6) is 0. The van der Waals surface area contributed by atoms with Gasteiger partial charge in [0, 0.05) is 36.3 Å². The molecule has 1 heterocycles. The molecule has 1 saturated heterocycles. The zero-order chi connectivity index (χ0) is 18.6. The van der Waals surface area contributed by atoms with Crippen LogP contribution in [0.3, 0.4) is 0 Å². The predicted molar refractivity (Wildman–Crippen MR) is 101 cm³/mol. The Morgan fingerprint density at radius 1 is 1.23 bits per heavy atom. The van der Waals surface area contributed by atoms with Crippen LogP contribution in [0.15, 0.2) is 42.5 Å². The van der Waals surface area contributed by atoms with Gasteiger partial charge in [-0.1, -0.05) is 29.8 Å². The van der Waals surface area contributed by atoms with E-state index in [4.69, 9.17) is 16.3 Å². The largest absolute Gasteiger partial charge is 0.392 e. The van der Waals surface area contributed by atoms with Gasteiger partial charge in [0.05, 0.1) is 11.5 Å². The molecule has 2 N–H and O–H groups in total. The number of anilines is 1. The van der Waals surface area contributed by atoms with E-state index in [0.29, 0.717) is 36.0 Å². The van der Waals surface area contributed by atoms with Gasteiger partial charge in [-0.15, -0.1) is 0 Å². The van der Waals surface area contributed by atoms with Crippen molar-refractivity contribution < 1.29 is 14.8 Å². The van der Waals surface area contributed by atoms with Gasteiger partial charge in [-0.2, -0.15) is 0 Å². The Hall–Kier alpha value is -2.15. The van der Waals surface area contributed by atoms with E-state index in [1.165, 1.54) is 6.07 Å². The van der Waals surface area contributed by atoms with Gasteiger partial charge >= 0.3 is 0 Å². The molecular formula is C19H21ClN2O4. The smallest absolute Gasteiger partial charge is 0.292 e. The summed E-state index contributed by atoms with van der Waals surface area (Å²) in [6, 6.07) is 12.3. The maximum absolute atomic E-state index is 11.3. The van der Waals surface area contributed by atoms with E-state index in [-0.39, 0.29) is 17.7 Å². The van der Waals surface area contributed by atoms with Crippen molar-refractivity contribution in [1.82, 2.24) is 0 Å². The fraction of sp³-hybridized carbons (Fsp3) is 0.368. The van der Waals surface area contributed by atoms with Crippen LogP contribution in [0.5, 0.6) is 0 Å². The normalized spacial score (nSPS) is 16.2. The SMILES string of the molecule is O=[N+]([O-])c1ccc(CO)cc1NCC1(c2ccccc2Cl)CCOCC1. The van der Waals surface area contributed by atoms with Gasteiger partial charge in [-0.05, 0) is 42.2 Å². The lowest BCUT2D eigenvalue weighted by molar-refractivity contribution is -0.384. The number of aliphatic hydroxyl groups excluding tert-OH is 1. The minimum absolute atomic E-state index is 0.0106. The van der Waals surface area contributed by atoms with Crippen molar-refractivity contribution in [3.63, 3.8) is 0 Å². The summed E-state index contributed by atoms with van der Waals surface area (Å²) in [5, 5.41) is 24.6. The van der Waals surface area contributed by atoms with Crippen molar-refractivity contribution in [3.8, 4) is 0 Å². The van der Waals surface area contributed by atoms with Crippen LogP contribution >= 0.6 is 11.6 Å². The third kappa shape index (κ3) is 3.82. The molecule has 1 fully saturated rings. The van der Waals surface area contributed by atoms with Crippen LogP contribution in [0.2, 0.25) is 5.02 Å². The van der Waals surface area contributed by atoms with E-state index in [0.717, 1.165) is 18.4 Å². The number of rotatable bonds is 6. The zero-order valence-electron chi connectivity index (χ0n) is 14.3. The average Bonchev–Trinajstić information content (AvgIpc) is 2.67. The molecule has 1 aliphatic heterocycles. The number of nitro groups is 1. The molecule has 0 radical (unpaired) electrons. The van der Waals surface area contributed by atoms with Crippen LogP contribution < -0.4 is 5.32 Å². The molecule has 138 valence electrons. The number of halogens is 1. The molecule has 0 bridgehead atoms. The molecule has 0 unspecified atom stereocenters. The topological polar surface area (TPSA) is 84.6 Å². The van der Waals surface area contributed by atoms with Crippen molar-refractivity contribution >= 4 is 23.0 Å². The molecule has 2 aromatic carbocycles. The van der Waals surface area contributed by atoms with E-state index < -0.39 is 4.92 Å². The van der Waals surface area contributed by atoms with Gasteiger partial charge in [0.2, 0.25) is 0 Å². The number of nitrogens with zero attached hydrogens (tertiary/aromatic N) is 1. The van der Waals surface area contributed by atoms with E-state index in [1.807, 2.05) is 24.3 Å². The van der Waals surface area contributed by atoms with Crippen LogP contribution in [-0.4, -0.2) is 29.8 Å². The molecule has 3 rings (SSSR count). The van der Waals surface area contributed by atoms with Gasteiger partial charge in [0.15, 0.2) is 0 Å². The Bertz CT molecular complexity index is 791. The fourth-order valence-corrected chi connectivity index (χ4v) is 3.78. The van der Waals surface area contributed by atoms with Crippen LogP contribution in [0.4, 0.5) is 11.4 Å². The first-order valence-electron chi connectivity index (χ1n) is 8.50. The highest BCUT2D eigenvalue weighted by Crippen LogP contribution is 2.39. The summed E-state index contributed by atoms with van der Waals surface area (Å²) in [4.78, 5) is 10.9. The highest BCUT2D eigenvalue weighted by atomic mass is 35.5. The lowest BCUT2D eigenvalue weighted by Gasteiger charge is -2.38. The summed E-state index contributed by atoms with van der Waals surface area (Å²) in [6.07, 6.45) is 1.55. The number of benzene rings is 2. The summed E-state index contributed by atoms with van der Waals surface area (Å²) in [5.41, 5.74) is 1.78. The molecule has 6 nitrogen and oxygen atoms in total. The fourth-order valence-electron chi connectivity index (χ4n) is 3.44. The van der Waals surface area contributed by atoms with Crippen molar-refractivity contribution in [3.05, 3.63) is 68.7 Å². The van der Waals surface area contributed by atoms with E-state index >= 15 is 0 Å². The quantitative estimate of drug-likeness (QED) is 0.590. The number of aliphatic hydroxyl groups is 1. The third-order valence-electron chi connectivity index (χ3n) is 4.95. The van der Waals surface area contributed by atoms with Gasteiger partial charge in [-0.3, -0.25) is 10.1 Å². The Morgan fingerprint density at radius 2 is 1.96 bits per heavy atom.